The van der Waals surface area contributed by atoms with E-state index in [1.54, 1.807) is 34.4 Å². The van der Waals surface area contributed by atoms with E-state index in [0.29, 0.717) is 0 Å². The van der Waals surface area contributed by atoms with Crippen LogP contribution in [-0.2, 0) is 11.8 Å². The lowest BCUT2D eigenvalue weighted by Gasteiger charge is -2.32. The number of nitrogens with zero attached hydrogens (tertiary/aromatic N) is 4. The summed E-state index contributed by atoms with van der Waals surface area (Å²) in [7, 11) is 1.86. The van der Waals surface area contributed by atoms with Crippen molar-refractivity contribution >= 4 is 38.7 Å². The van der Waals surface area contributed by atoms with E-state index in [9.17, 15) is 4.79 Å². The van der Waals surface area contributed by atoms with Crippen LogP contribution in [0, 0.1) is 0 Å². The van der Waals surface area contributed by atoms with Gasteiger partial charge in [-0.1, -0.05) is 23.5 Å². The maximum atomic E-state index is 12.2. The Morgan fingerprint density at radius 3 is 3.08 bits per heavy atom. The molecule has 1 aliphatic rings. The molecule has 26 heavy (non-hydrogen) atoms. The molecule has 3 aromatic rings. The first-order valence-corrected chi connectivity index (χ1v) is 9.57. The van der Waals surface area contributed by atoms with Gasteiger partial charge in [0, 0.05) is 44.0 Å². The number of amides is 1. The molecule has 0 bridgehead atoms. The van der Waals surface area contributed by atoms with Crippen LogP contribution in [0.4, 0.5) is 5.13 Å². The zero-order valence-corrected chi connectivity index (χ0v) is 15.4. The molecule has 0 spiro atoms. The Morgan fingerprint density at radius 2 is 2.27 bits per heavy atom. The van der Waals surface area contributed by atoms with E-state index in [0.717, 1.165) is 42.1 Å². The van der Waals surface area contributed by atoms with Gasteiger partial charge >= 0.3 is 0 Å². The lowest BCUT2D eigenvalue weighted by atomic mass is 10.1. The van der Waals surface area contributed by atoms with Crippen molar-refractivity contribution in [1.82, 2.24) is 20.1 Å². The van der Waals surface area contributed by atoms with E-state index in [1.807, 2.05) is 31.4 Å². The van der Waals surface area contributed by atoms with Crippen molar-refractivity contribution in [3.8, 4) is 0 Å². The van der Waals surface area contributed by atoms with E-state index < -0.39 is 0 Å². The number of rotatable bonds is 4. The molecule has 0 saturated carbocycles. The summed E-state index contributed by atoms with van der Waals surface area (Å²) in [5.41, 5.74) is 1.96. The second kappa shape index (κ2) is 7.29. The van der Waals surface area contributed by atoms with Crippen molar-refractivity contribution in [3.63, 3.8) is 0 Å². The van der Waals surface area contributed by atoms with E-state index in [2.05, 4.69) is 21.4 Å². The Bertz CT molecular complexity index is 911. The fraction of sp³-hybridized carbons (Fsp3) is 0.316. The Hall–Kier alpha value is -2.67. The van der Waals surface area contributed by atoms with Gasteiger partial charge in [0.05, 0.1) is 16.4 Å². The van der Waals surface area contributed by atoms with Gasteiger partial charge in [0.25, 0.3) is 0 Å². The minimum absolute atomic E-state index is 0.0648. The first-order valence-electron chi connectivity index (χ1n) is 8.75. The van der Waals surface area contributed by atoms with Crippen LogP contribution in [0.15, 0.2) is 42.7 Å². The van der Waals surface area contributed by atoms with Gasteiger partial charge < -0.3 is 10.2 Å². The molecule has 0 aliphatic carbocycles. The predicted octanol–water partition coefficient (Wildman–Crippen LogP) is 2.83. The molecule has 1 amide bonds. The molecule has 1 aromatic carbocycles. The fourth-order valence-electron chi connectivity index (χ4n) is 3.21. The third-order valence-electron chi connectivity index (χ3n) is 4.47. The summed E-state index contributed by atoms with van der Waals surface area (Å²) >= 11 is 1.71. The normalized spacial score (nSPS) is 17.9. The van der Waals surface area contributed by atoms with Gasteiger partial charge in [-0.2, -0.15) is 5.10 Å². The molecule has 1 fully saturated rings. The molecular weight excluding hydrogens is 346 g/mol. The van der Waals surface area contributed by atoms with E-state index in [1.165, 1.54) is 4.70 Å². The number of para-hydroxylation sites is 1. The number of fused-ring (bicyclic) bond motifs is 1. The summed E-state index contributed by atoms with van der Waals surface area (Å²) in [5.74, 6) is -0.0648. The minimum atomic E-state index is -0.0648. The highest BCUT2D eigenvalue weighted by Gasteiger charge is 2.23. The van der Waals surface area contributed by atoms with Crippen LogP contribution >= 0.6 is 11.3 Å². The van der Waals surface area contributed by atoms with E-state index >= 15 is 0 Å². The summed E-state index contributed by atoms with van der Waals surface area (Å²) in [6.45, 7) is 1.78. The van der Waals surface area contributed by atoms with Crippen LogP contribution in [0.5, 0.6) is 0 Å². The molecule has 3 heterocycles. The second-order valence-electron chi connectivity index (χ2n) is 6.54. The number of thiazole rings is 1. The zero-order chi connectivity index (χ0) is 17.9. The van der Waals surface area contributed by atoms with Gasteiger partial charge in [-0.25, -0.2) is 4.98 Å². The summed E-state index contributed by atoms with van der Waals surface area (Å²) in [6, 6.07) is 8.34. The van der Waals surface area contributed by atoms with Crippen LogP contribution in [0.2, 0.25) is 0 Å². The number of hydrogen-bond donors (Lipinski definition) is 1. The van der Waals surface area contributed by atoms with Crippen LogP contribution in [0.1, 0.15) is 18.4 Å². The number of aromatic nitrogens is 3. The van der Waals surface area contributed by atoms with Gasteiger partial charge in [0.15, 0.2) is 5.13 Å². The molecule has 4 rings (SSSR count). The van der Waals surface area contributed by atoms with Crippen molar-refractivity contribution in [1.29, 1.82) is 0 Å². The monoisotopic (exact) mass is 367 g/mol. The number of carbonyl (C=O) groups is 1. The minimum Gasteiger partial charge on any atom is -0.348 e. The van der Waals surface area contributed by atoms with Crippen molar-refractivity contribution < 1.29 is 4.79 Å². The molecule has 0 radical (unpaired) electrons. The van der Waals surface area contributed by atoms with Crippen molar-refractivity contribution in [2.24, 2.45) is 7.05 Å². The highest BCUT2D eigenvalue weighted by atomic mass is 32.1. The summed E-state index contributed by atoms with van der Waals surface area (Å²) in [5, 5.41) is 8.24. The highest BCUT2D eigenvalue weighted by molar-refractivity contribution is 7.22. The number of anilines is 1. The van der Waals surface area contributed by atoms with Crippen LogP contribution < -0.4 is 10.2 Å². The third-order valence-corrected chi connectivity index (χ3v) is 5.57. The molecular formula is C19H21N5OS. The molecule has 6 nitrogen and oxygen atoms in total. The Morgan fingerprint density at radius 1 is 1.38 bits per heavy atom. The van der Waals surface area contributed by atoms with Gasteiger partial charge in [0.1, 0.15) is 0 Å². The summed E-state index contributed by atoms with van der Waals surface area (Å²) in [4.78, 5) is 19.2. The smallest absolute Gasteiger partial charge is 0.244 e. The van der Waals surface area contributed by atoms with E-state index in [4.69, 9.17) is 4.98 Å². The Kier molecular flexibility index (Phi) is 4.71. The Balaban J connectivity index is 1.38. The van der Waals surface area contributed by atoms with Gasteiger partial charge in [-0.3, -0.25) is 9.48 Å². The number of carbonyl (C=O) groups excluding carboxylic acids is 1. The lowest BCUT2D eigenvalue weighted by Crippen LogP contribution is -2.47. The van der Waals surface area contributed by atoms with Crippen LogP contribution in [0.3, 0.4) is 0 Å². The van der Waals surface area contributed by atoms with Crippen LogP contribution in [-0.4, -0.2) is 39.8 Å². The number of hydrogen-bond acceptors (Lipinski definition) is 5. The molecule has 7 heteroatoms. The SMILES string of the molecule is Cn1cc(/C=C/C(=O)N[C@@H]2CCCN(c3nc4ccccc4s3)C2)cn1. The van der Waals surface area contributed by atoms with Gasteiger partial charge in [-0.15, -0.1) is 0 Å². The van der Waals surface area contributed by atoms with Gasteiger partial charge in [-0.05, 0) is 31.1 Å². The van der Waals surface area contributed by atoms with Crippen LogP contribution in [0.25, 0.3) is 16.3 Å². The molecule has 0 unspecified atom stereocenters. The Labute approximate surface area is 156 Å². The second-order valence-corrected chi connectivity index (χ2v) is 7.55. The van der Waals surface area contributed by atoms with Crippen molar-refractivity contribution in [2.45, 2.75) is 18.9 Å². The standard InChI is InChI=1S/C19H21N5OS/c1-23-12-14(11-20-23)8-9-18(25)21-15-5-4-10-24(13-15)19-22-16-6-2-3-7-17(16)26-19/h2-3,6-9,11-12,15H,4-5,10,13H2,1H3,(H,21,25)/b9-8+/t15-/m1/s1. The third kappa shape index (κ3) is 3.77. The first kappa shape index (κ1) is 16.8. The lowest BCUT2D eigenvalue weighted by molar-refractivity contribution is -0.117. The molecule has 1 atom stereocenters. The average Bonchev–Trinajstić information content (AvgIpc) is 3.26. The number of piperidine rings is 1. The maximum absolute atomic E-state index is 12.2. The molecule has 134 valence electrons. The molecule has 1 aliphatic heterocycles. The van der Waals surface area contributed by atoms with E-state index in [-0.39, 0.29) is 11.9 Å². The fourth-order valence-corrected chi connectivity index (χ4v) is 4.21. The molecule has 1 saturated heterocycles. The largest absolute Gasteiger partial charge is 0.348 e. The quantitative estimate of drug-likeness (QED) is 0.720. The van der Waals surface area contributed by atoms with Gasteiger partial charge in [0.2, 0.25) is 5.91 Å². The highest BCUT2D eigenvalue weighted by Crippen LogP contribution is 2.30. The molecule has 1 N–H and O–H groups in total. The molecule has 2 aromatic heterocycles. The number of aryl methyl sites for hydroxylation is 1. The predicted molar refractivity (Wildman–Crippen MR) is 105 cm³/mol. The summed E-state index contributed by atoms with van der Waals surface area (Å²) < 4.78 is 2.92. The zero-order valence-electron chi connectivity index (χ0n) is 14.6. The van der Waals surface area contributed by atoms with Crippen molar-refractivity contribution in [3.05, 3.63) is 48.3 Å². The van der Waals surface area contributed by atoms with Crippen molar-refractivity contribution in [2.75, 3.05) is 18.0 Å². The average molecular weight is 367 g/mol. The maximum Gasteiger partial charge on any atom is 0.244 e. The summed E-state index contributed by atoms with van der Waals surface area (Å²) in [6.07, 6.45) is 9.02. The first-order chi connectivity index (χ1) is 12.7. The number of nitrogens with one attached hydrogen (secondary N) is 1. The topological polar surface area (TPSA) is 63.1 Å². The number of benzene rings is 1.